The quantitative estimate of drug-likeness (QED) is 0.304. The van der Waals surface area contributed by atoms with E-state index < -0.39 is 16.3 Å². The zero-order chi connectivity index (χ0) is 19.1. The summed E-state index contributed by atoms with van der Waals surface area (Å²) >= 11 is 1.44. The highest BCUT2D eigenvalue weighted by molar-refractivity contribution is 7.97. The van der Waals surface area contributed by atoms with Crippen molar-refractivity contribution in [2.45, 2.75) is 39.7 Å². The number of hydrogen-bond acceptors (Lipinski definition) is 6. The summed E-state index contributed by atoms with van der Waals surface area (Å²) in [6.07, 6.45) is 0.365. The molecule has 6 nitrogen and oxygen atoms in total. The van der Waals surface area contributed by atoms with Gasteiger partial charge in [0.2, 0.25) is 0 Å². The molecule has 0 radical (unpaired) electrons. The number of nitrogens with zero attached hydrogens (tertiary/aromatic N) is 2. The monoisotopic (exact) mass is 369 g/mol. The van der Waals surface area contributed by atoms with Gasteiger partial charge in [-0.05, 0) is 24.8 Å². The number of halogens is 1. The van der Waals surface area contributed by atoms with Gasteiger partial charge in [0.15, 0.2) is 0 Å². The Bertz CT molecular complexity index is 643. The van der Waals surface area contributed by atoms with Crippen molar-refractivity contribution in [1.29, 1.82) is 5.26 Å². The first-order chi connectivity index (χ1) is 11.6. The van der Waals surface area contributed by atoms with Gasteiger partial charge in [0.25, 0.3) is 5.69 Å². The Morgan fingerprint density at radius 3 is 2.64 bits per heavy atom. The van der Waals surface area contributed by atoms with Crippen LogP contribution in [0.25, 0.3) is 0 Å². The molecular formula is C17H24FN3O3S. The van der Waals surface area contributed by atoms with Gasteiger partial charge in [0.05, 0.1) is 23.1 Å². The first kappa shape index (κ1) is 21.4. The first-order valence-corrected chi connectivity index (χ1v) is 8.86. The third kappa shape index (κ3) is 6.98. The van der Waals surface area contributed by atoms with Crippen LogP contribution in [-0.2, 0) is 10.3 Å². The molecule has 0 aliphatic heterocycles. The second-order valence-corrected chi connectivity index (χ2v) is 7.95. The summed E-state index contributed by atoms with van der Waals surface area (Å²) in [7, 11) is 0. The van der Waals surface area contributed by atoms with Crippen molar-refractivity contribution in [1.82, 2.24) is 4.72 Å². The van der Waals surface area contributed by atoms with E-state index in [0.29, 0.717) is 6.42 Å². The highest BCUT2D eigenvalue weighted by Crippen LogP contribution is 2.33. The van der Waals surface area contributed by atoms with Crippen LogP contribution in [0.15, 0.2) is 18.2 Å². The van der Waals surface area contributed by atoms with E-state index >= 15 is 0 Å². The molecule has 0 bridgehead atoms. The lowest BCUT2D eigenvalue weighted by Gasteiger charge is -2.32. The second kappa shape index (κ2) is 9.13. The number of ether oxygens (including phenoxy) is 1. The van der Waals surface area contributed by atoms with Gasteiger partial charge in [-0.25, -0.2) is 4.39 Å². The maximum Gasteiger partial charge on any atom is 0.269 e. The van der Waals surface area contributed by atoms with E-state index in [-0.39, 0.29) is 29.9 Å². The molecule has 8 heteroatoms. The molecule has 138 valence electrons. The molecule has 0 heterocycles. The number of benzene rings is 1. The molecular weight excluding hydrogens is 345 g/mol. The molecule has 25 heavy (non-hydrogen) atoms. The molecule has 0 saturated carbocycles. The number of non-ortho nitro benzene ring substituents is 1. The van der Waals surface area contributed by atoms with Gasteiger partial charge in [-0.3, -0.25) is 14.8 Å². The predicted octanol–water partition coefficient (Wildman–Crippen LogP) is 4.16. The van der Waals surface area contributed by atoms with Crippen molar-refractivity contribution in [3.63, 3.8) is 0 Å². The number of hydrogen-bond donors (Lipinski definition) is 1. The van der Waals surface area contributed by atoms with Crippen molar-refractivity contribution in [3.05, 3.63) is 39.7 Å². The van der Waals surface area contributed by atoms with Gasteiger partial charge in [0.1, 0.15) is 12.4 Å². The Hall–Kier alpha value is -1.69. The average Bonchev–Trinajstić information content (AvgIpc) is 2.50. The van der Waals surface area contributed by atoms with Crippen molar-refractivity contribution in [3.8, 4) is 6.07 Å². The summed E-state index contributed by atoms with van der Waals surface area (Å²) in [5.74, 6) is 0.260. The highest BCUT2D eigenvalue weighted by atomic mass is 32.2. The Morgan fingerprint density at radius 2 is 2.08 bits per heavy atom. The molecule has 0 fully saturated rings. The Morgan fingerprint density at radius 1 is 1.40 bits per heavy atom. The third-order valence-corrected chi connectivity index (χ3v) is 5.08. The van der Waals surface area contributed by atoms with Gasteiger partial charge >= 0.3 is 0 Å². The minimum atomic E-state index is -0.874. The van der Waals surface area contributed by atoms with Crippen LogP contribution in [0.2, 0.25) is 0 Å². The second-order valence-electron chi connectivity index (χ2n) is 7.17. The van der Waals surface area contributed by atoms with Gasteiger partial charge in [-0.1, -0.05) is 32.7 Å². The normalized spacial score (nSPS) is 13.9. The number of nitrogens with one attached hydrogen (secondary N) is 1. The van der Waals surface area contributed by atoms with Crippen molar-refractivity contribution < 1.29 is 14.1 Å². The topological polar surface area (TPSA) is 88.2 Å². The van der Waals surface area contributed by atoms with Crippen LogP contribution in [0.1, 0.15) is 39.7 Å². The number of rotatable bonds is 9. The highest BCUT2D eigenvalue weighted by Gasteiger charge is 2.31. The van der Waals surface area contributed by atoms with Crippen molar-refractivity contribution >= 4 is 17.6 Å². The summed E-state index contributed by atoms with van der Waals surface area (Å²) in [6.45, 7) is 8.22. The fourth-order valence-electron chi connectivity index (χ4n) is 2.10. The molecule has 1 aromatic rings. The molecule has 1 aromatic carbocycles. The maximum atomic E-state index is 14.4. The fourth-order valence-corrected chi connectivity index (χ4v) is 3.13. The molecule has 0 unspecified atom stereocenters. The van der Waals surface area contributed by atoms with E-state index in [9.17, 15) is 14.5 Å². The summed E-state index contributed by atoms with van der Waals surface area (Å²) in [5.41, 5.74) is -0.759. The van der Waals surface area contributed by atoms with E-state index in [1.54, 1.807) is 6.92 Å². The minimum Gasteiger partial charge on any atom is -0.366 e. The lowest BCUT2D eigenvalue weighted by atomic mass is 9.89. The summed E-state index contributed by atoms with van der Waals surface area (Å²) in [6, 6.07) is 5.39. The predicted molar refractivity (Wildman–Crippen MR) is 96.5 cm³/mol. The number of nitro groups is 1. The Labute approximate surface area is 152 Å². The van der Waals surface area contributed by atoms with Gasteiger partial charge in [-0.2, -0.15) is 5.26 Å². The Balaban J connectivity index is 3.05. The smallest absolute Gasteiger partial charge is 0.269 e. The Kier molecular flexibility index (Phi) is 7.80. The summed E-state index contributed by atoms with van der Waals surface area (Å²) in [4.78, 5) is 10.5. The van der Waals surface area contributed by atoms with Crippen LogP contribution in [0.4, 0.5) is 10.1 Å². The molecule has 0 spiro atoms. The zero-order valence-corrected chi connectivity index (χ0v) is 15.8. The minimum absolute atomic E-state index is 0.0529. The number of nitriles is 1. The van der Waals surface area contributed by atoms with Crippen LogP contribution < -0.4 is 4.72 Å². The van der Waals surface area contributed by atoms with E-state index in [1.165, 1.54) is 18.0 Å². The molecule has 0 aliphatic carbocycles. The van der Waals surface area contributed by atoms with E-state index in [2.05, 4.69) is 25.5 Å². The van der Waals surface area contributed by atoms with Crippen LogP contribution in [0, 0.1) is 32.7 Å². The molecule has 1 rings (SSSR count). The number of nitro benzene ring substituents is 1. The molecule has 0 saturated heterocycles. The fraction of sp³-hybridized carbons (Fsp3) is 0.588. The summed E-state index contributed by atoms with van der Waals surface area (Å²) in [5, 5.41) is 19.6. The van der Waals surface area contributed by atoms with E-state index in [1.807, 2.05) is 6.07 Å². The van der Waals surface area contributed by atoms with E-state index in [0.717, 1.165) is 17.9 Å². The van der Waals surface area contributed by atoms with Crippen molar-refractivity contribution in [2.24, 2.45) is 5.41 Å². The van der Waals surface area contributed by atoms with Gasteiger partial charge in [0, 0.05) is 23.4 Å². The molecule has 0 amide bonds. The molecule has 1 N–H and O–H groups in total. The molecule has 1 atom stereocenters. The van der Waals surface area contributed by atoms with Gasteiger partial charge in [-0.15, -0.1) is 0 Å². The third-order valence-electron chi connectivity index (χ3n) is 3.47. The summed E-state index contributed by atoms with van der Waals surface area (Å²) < 4.78 is 22.8. The zero-order valence-electron chi connectivity index (χ0n) is 15.0. The van der Waals surface area contributed by atoms with Gasteiger partial charge < -0.3 is 4.74 Å². The SMILES string of the molecule is CC(C)(C)CSN[C@@](C)(CCOCC#N)c1cc([N+](=O)[O-])ccc1F. The first-order valence-electron chi connectivity index (χ1n) is 7.87. The maximum absolute atomic E-state index is 14.4. The van der Waals surface area contributed by atoms with Crippen molar-refractivity contribution in [2.75, 3.05) is 19.0 Å². The lowest BCUT2D eigenvalue weighted by Crippen LogP contribution is -2.38. The lowest BCUT2D eigenvalue weighted by molar-refractivity contribution is -0.385. The molecule has 0 aliphatic rings. The van der Waals surface area contributed by atoms with E-state index in [4.69, 9.17) is 10.00 Å². The average molecular weight is 369 g/mol. The molecule has 0 aromatic heterocycles. The van der Waals surface area contributed by atoms with Crippen LogP contribution in [0.3, 0.4) is 0 Å². The largest absolute Gasteiger partial charge is 0.366 e. The van der Waals surface area contributed by atoms with Crippen LogP contribution >= 0.6 is 11.9 Å². The van der Waals surface area contributed by atoms with Crippen LogP contribution in [0.5, 0.6) is 0 Å². The van der Waals surface area contributed by atoms with Crippen LogP contribution in [-0.4, -0.2) is 23.9 Å². The standard InChI is InChI=1S/C17H24FN3O3S/c1-16(2,3)12-25-20-17(4,7-9-24-10-8-19)14-11-13(21(22)23)5-6-15(14)18/h5-6,11,20H,7,9-10,12H2,1-4H3/t17-/m0/s1.